The van der Waals surface area contributed by atoms with Crippen molar-refractivity contribution in [1.82, 2.24) is 4.98 Å². The van der Waals surface area contributed by atoms with Gasteiger partial charge >= 0.3 is 5.69 Å². The fourth-order valence-corrected chi connectivity index (χ4v) is 2.00. The van der Waals surface area contributed by atoms with Crippen molar-refractivity contribution in [3.8, 4) is 11.6 Å². The molecule has 20 heavy (non-hydrogen) atoms. The fourth-order valence-electron chi connectivity index (χ4n) is 1.57. The lowest BCUT2D eigenvalue weighted by Gasteiger charge is -2.09. The number of halogens is 1. The number of nitro benzene ring substituents is 1. The minimum atomic E-state index is -0.504. The van der Waals surface area contributed by atoms with Crippen molar-refractivity contribution in [3.63, 3.8) is 0 Å². The highest BCUT2D eigenvalue weighted by Gasteiger charge is 2.19. The average molecular weight is 338 g/mol. The topological polar surface area (TPSA) is 91.3 Å². The first-order valence-electron chi connectivity index (χ1n) is 5.81. The molecule has 0 aliphatic carbocycles. The molecule has 0 saturated carbocycles. The number of benzene rings is 1. The monoisotopic (exact) mass is 337 g/mol. The Hall–Kier alpha value is -1.99. The molecule has 0 aliphatic rings. The Labute approximate surface area is 123 Å². The summed E-state index contributed by atoms with van der Waals surface area (Å²) in [5, 5.41) is 11.0. The van der Waals surface area contributed by atoms with Crippen LogP contribution in [-0.2, 0) is 0 Å². The molecule has 2 rings (SSSR count). The predicted octanol–water partition coefficient (Wildman–Crippen LogP) is 3.56. The van der Waals surface area contributed by atoms with E-state index in [1.165, 1.54) is 6.07 Å². The smallest absolute Gasteiger partial charge is 0.312 e. The number of hydrogen-bond acceptors (Lipinski definition) is 5. The number of nitrogens with two attached hydrogens (primary N) is 1. The summed E-state index contributed by atoms with van der Waals surface area (Å²) in [5.41, 5.74) is 6.46. The van der Waals surface area contributed by atoms with Crippen molar-refractivity contribution in [2.24, 2.45) is 5.73 Å². The van der Waals surface area contributed by atoms with Crippen LogP contribution in [0.3, 0.4) is 0 Å². The molecule has 1 aromatic heterocycles. The van der Waals surface area contributed by atoms with Gasteiger partial charge in [0.2, 0.25) is 11.6 Å². The van der Waals surface area contributed by atoms with Gasteiger partial charge in [-0.2, -0.15) is 0 Å². The maximum atomic E-state index is 11.0. The second-order valence-corrected chi connectivity index (χ2v) is 5.02. The third kappa shape index (κ3) is 3.12. The van der Waals surface area contributed by atoms with Crippen molar-refractivity contribution < 1.29 is 9.66 Å². The minimum Gasteiger partial charge on any atom is -0.431 e. The van der Waals surface area contributed by atoms with Gasteiger partial charge in [-0.15, -0.1) is 0 Å². The van der Waals surface area contributed by atoms with Gasteiger partial charge in [0.1, 0.15) is 0 Å². The summed E-state index contributed by atoms with van der Waals surface area (Å²) >= 11 is 3.23. The van der Waals surface area contributed by atoms with Crippen molar-refractivity contribution in [3.05, 3.63) is 56.7 Å². The van der Waals surface area contributed by atoms with Crippen molar-refractivity contribution in [2.75, 3.05) is 0 Å². The lowest BCUT2D eigenvalue weighted by molar-refractivity contribution is -0.385. The predicted molar refractivity (Wildman–Crippen MR) is 77.7 cm³/mol. The van der Waals surface area contributed by atoms with Crippen LogP contribution < -0.4 is 10.5 Å². The van der Waals surface area contributed by atoms with Gasteiger partial charge in [0, 0.05) is 24.4 Å². The SMILES string of the molecule is C[C@H](N)c1ccc(Oc2c(Br)cccc2[N+](=O)[O-])nc1. The van der Waals surface area contributed by atoms with Gasteiger partial charge in [0.15, 0.2) is 0 Å². The molecule has 0 unspecified atom stereocenters. The Morgan fingerprint density at radius 1 is 1.40 bits per heavy atom. The van der Waals surface area contributed by atoms with Crippen LogP contribution in [0, 0.1) is 10.1 Å². The third-order valence-corrected chi connectivity index (χ3v) is 3.26. The molecule has 2 N–H and O–H groups in total. The number of nitrogens with zero attached hydrogens (tertiary/aromatic N) is 2. The number of aromatic nitrogens is 1. The number of ether oxygens (including phenoxy) is 1. The van der Waals surface area contributed by atoms with E-state index in [4.69, 9.17) is 10.5 Å². The van der Waals surface area contributed by atoms with Crippen LogP contribution in [0.1, 0.15) is 18.5 Å². The summed E-state index contributed by atoms with van der Waals surface area (Å²) in [6.07, 6.45) is 1.59. The van der Waals surface area contributed by atoms with Gasteiger partial charge in [-0.3, -0.25) is 10.1 Å². The second kappa shape index (κ2) is 5.98. The zero-order valence-corrected chi connectivity index (χ0v) is 12.2. The summed E-state index contributed by atoms with van der Waals surface area (Å²) in [4.78, 5) is 14.6. The number of hydrogen-bond donors (Lipinski definition) is 1. The van der Waals surface area contributed by atoms with Gasteiger partial charge in [-0.1, -0.05) is 12.1 Å². The van der Waals surface area contributed by atoms with Gasteiger partial charge in [0.05, 0.1) is 9.40 Å². The summed E-state index contributed by atoms with van der Waals surface area (Å²) in [6.45, 7) is 1.84. The fraction of sp³-hybridized carbons (Fsp3) is 0.154. The average Bonchev–Trinajstić information content (AvgIpc) is 2.41. The van der Waals surface area contributed by atoms with Gasteiger partial charge in [-0.05, 0) is 34.5 Å². The first kappa shape index (κ1) is 14.4. The summed E-state index contributed by atoms with van der Waals surface area (Å²) in [7, 11) is 0. The molecule has 1 atom stereocenters. The molecule has 0 amide bonds. The second-order valence-electron chi connectivity index (χ2n) is 4.17. The largest absolute Gasteiger partial charge is 0.431 e. The molecule has 0 saturated heterocycles. The summed E-state index contributed by atoms with van der Waals surface area (Å²) in [5.74, 6) is 0.392. The highest BCUT2D eigenvalue weighted by molar-refractivity contribution is 9.10. The highest BCUT2D eigenvalue weighted by Crippen LogP contribution is 2.37. The zero-order chi connectivity index (χ0) is 14.7. The number of rotatable bonds is 4. The van der Waals surface area contributed by atoms with Crippen LogP contribution in [0.25, 0.3) is 0 Å². The Morgan fingerprint density at radius 2 is 2.15 bits per heavy atom. The number of nitro groups is 1. The first-order chi connectivity index (χ1) is 9.49. The zero-order valence-electron chi connectivity index (χ0n) is 10.6. The van der Waals surface area contributed by atoms with E-state index in [2.05, 4.69) is 20.9 Å². The maximum absolute atomic E-state index is 11.0. The van der Waals surface area contributed by atoms with E-state index >= 15 is 0 Å². The summed E-state index contributed by atoms with van der Waals surface area (Å²) < 4.78 is 5.99. The van der Waals surface area contributed by atoms with E-state index < -0.39 is 4.92 Å². The molecule has 1 aromatic carbocycles. The van der Waals surface area contributed by atoms with E-state index in [9.17, 15) is 10.1 Å². The van der Waals surface area contributed by atoms with E-state index in [0.717, 1.165) is 5.56 Å². The highest BCUT2D eigenvalue weighted by atomic mass is 79.9. The number of para-hydroxylation sites is 1. The van der Waals surface area contributed by atoms with Crippen LogP contribution in [-0.4, -0.2) is 9.91 Å². The molecule has 0 bridgehead atoms. The molecule has 7 heteroatoms. The first-order valence-corrected chi connectivity index (χ1v) is 6.60. The molecular formula is C13H12BrN3O3. The van der Waals surface area contributed by atoms with Crippen LogP contribution in [0.5, 0.6) is 11.6 Å². The molecular weight excluding hydrogens is 326 g/mol. The van der Waals surface area contributed by atoms with Crippen molar-refractivity contribution in [1.29, 1.82) is 0 Å². The van der Waals surface area contributed by atoms with Gasteiger partial charge in [-0.25, -0.2) is 4.98 Å². The Morgan fingerprint density at radius 3 is 2.70 bits per heavy atom. The normalized spacial score (nSPS) is 11.9. The molecule has 1 heterocycles. The molecule has 0 spiro atoms. The van der Waals surface area contributed by atoms with Gasteiger partial charge in [0.25, 0.3) is 0 Å². The van der Waals surface area contributed by atoms with Crippen LogP contribution in [0.2, 0.25) is 0 Å². The van der Waals surface area contributed by atoms with Gasteiger partial charge < -0.3 is 10.5 Å². The molecule has 0 fully saturated rings. The summed E-state index contributed by atoms with van der Waals surface area (Å²) in [6, 6.07) is 7.88. The molecule has 0 aliphatic heterocycles. The Balaban J connectivity index is 2.32. The standard InChI is InChI=1S/C13H12BrN3O3/c1-8(15)9-5-6-12(16-7-9)20-13-10(14)3-2-4-11(13)17(18)19/h2-8H,15H2,1H3/t8-/m0/s1. The quantitative estimate of drug-likeness (QED) is 0.680. The Bertz CT molecular complexity index is 629. The third-order valence-electron chi connectivity index (χ3n) is 2.63. The van der Waals surface area contributed by atoms with Crippen molar-refractivity contribution >= 4 is 21.6 Å². The molecule has 6 nitrogen and oxygen atoms in total. The van der Waals surface area contributed by atoms with E-state index in [-0.39, 0.29) is 23.4 Å². The van der Waals surface area contributed by atoms with Crippen LogP contribution in [0.4, 0.5) is 5.69 Å². The van der Waals surface area contributed by atoms with Crippen LogP contribution >= 0.6 is 15.9 Å². The maximum Gasteiger partial charge on any atom is 0.312 e. The van der Waals surface area contributed by atoms with Crippen LogP contribution in [0.15, 0.2) is 41.0 Å². The molecule has 104 valence electrons. The minimum absolute atomic E-state index is 0.124. The van der Waals surface area contributed by atoms with E-state index in [0.29, 0.717) is 4.47 Å². The lowest BCUT2D eigenvalue weighted by atomic mass is 10.2. The Kier molecular flexibility index (Phi) is 4.31. The van der Waals surface area contributed by atoms with E-state index in [1.54, 1.807) is 30.5 Å². The number of pyridine rings is 1. The molecule has 2 aromatic rings. The molecule has 0 radical (unpaired) electrons. The van der Waals surface area contributed by atoms with Crippen molar-refractivity contribution in [2.45, 2.75) is 13.0 Å². The lowest BCUT2D eigenvalue weighted by Crippen LogP contribution is -2.05. The van der Waals surface area contributed by atoms with E-state index in [1.807, 2.05) is 6.92 Å².